The zero-order chi connectivity index (χ0) is 9.97. The molecule has 0 spiro atoms. The standard InChI is InChI=1S/C11H8NO2/c1-14-11(13)9-4-5-10-8(7-9)3-2-6-12-10/h2-5,7H,1H3. The van der Waals surface area contributed by atoms with E-state index in [0.717, 1.165) is 10.9 Å². The van der Waals surface area contributed by atoms with Crippen LogP contribution >= 0.6 is 0 Å². The summed E-state index contributed by atoms with van der Waals surface area (Å²) < 4.78 is 4.62. The summed E-state index contributed by atoms with van der Waals surface area (Å²) in [6.07, 6.45) is 2.73. The number of ether oxygens (including phenoxy) is 1. The average molecular weight is 186 g/mol. The number of aromatic nitrogens is 1. The molecule has 1 aromatic heterocycles. The Kier molecular flexibility index (Phi) is 2.14. The maximum atomic E-state index is 11.2. The first-order valence-corrected chi connectivity index (χ1v) is 4.16. The molecule has 1 aromatic carbocycles. The van der Waals surface area contributed by atoms with Crippen molar-refractivity contribution >= 4 is 16.9 Å². The number of benzene rings is 1. The Balaban J connectivity index is 2.56. The Morgan fingerprint density at radius 1 is 1.43 bits per heavy atom. The molecule has 0 atom stereocenters. The molecule has 0 unspecified atom stereocenters. The van der Waals surface area contributed by atoms with E-state index >= 15 is 0 Å². The molecule has 2 rings (SSSR count). The van der Waals surface area contributed by atoms with Crippen molar-refractivity contribution in [2.75, 3.05) is 7.11 Å². The lowest BCUT2D eigenvalue weighted by atomic mass is 10.1. The van der Waals surface area contributed by atoms with Crippen LogP contribution in [0.3, 0.4) is 0 Å². The number of rotatable bonds is 1. The first-order chi connectivity index (χ1) is 6.81. The minimum absolute atomic E-state index is 0.334. The lowest BCUT2D eigenvalue weighted by Crippen LogP contribution is -2.00. The van der Waals surface area contributed by atoms with E-state index in [1.807, 2.05) is 6.07 Å². The zero-order valence-corrected chi connectivity index (χ0v) is 7.65. The summed E-state index contributed by atoms with van der Waals surface area (Å²) in [5.41, 5.74) is 1.35. The molecule has 3 nitrogen and oxygen atoms in total. The summed E-state index contributed by atoms with van der Waals surface area (Å²) in [5, 5.41) is 0.909. The van der Waals surface area contributed by atoms with Gasteiger partial charge in [0.15, 0.2) is 0 Å². The molecule has 3 heteroatoms. The maximum Gasteiger partial charge on any atom is 0.337 e. The van der Waals surface area contributed by atoms with Crippen LogP contribution in [0, 0.1) is 6.20 Å². The van der Waals surface area contributed by atoms with Crippen molar-refractivity contribution in [1.82, 2.24) is 4.98 Å². The smallest absolute Gasteiger partial charge is 0.337 e. The minimum atomic E-state index is -0.334. The molecule has 0 aliphatic carbocycles. The van der Waals surface area contributed by atoms with Gasteiger partial charge in [-0.2, -0.15) is 0 Å². The number of fused-ring (bicyclic) bond motifs is 1. The van der Waals surface area contributed by atoms with E-state index < -0.39 is 0 Å². The van der Waals surface area contributed by atoms with Crippen LogP contribution in [0.2, 0.25) is 0 Å². The molecular weight excluding hydrogens is 178 g/mol. The van der Waals surface area contributed by atoms with Crippen molar-refractivity contribution in [2.24, 2.45) is 0 Å². The molecule has 0 saturated heterocycles. The highest BCUT2D eigenvalue weighted by atomic mass is 16.5. The topological polar surface area (TPSA) is 39.2 Å². The molecule has 0 aliphatic rings. The molecule has 1 radical (unpaired) electrons. The van der Waals surface area contributed by atoms with Crippen LogP contribution in [0.25, 0.3) is 10.9 Å². The molecule has 2 aromatic rings. The third-order valence-corrected chi connectivity index (χ3v) is 1.97. The number of nitrogens with zero attached hydrogens (tertiary/aromatic N) is 1. The highest BCUT2D eigenvalue weighted by Gasteiger charge is 2.05. The van der Waals surface area contributed by atoms with Crippen LogP contribution in [0.1, 0.15) is 10.4 Å². The molecule has 0 N–H and O–H groups in total. The zero-order valence-electron chi connectivity index (χ0n) is 7.65. The van der Waals surface area contributed by atoms with Crippen LogP contribution in [0.15, 0.2) is 30.3 Å². The van der Waals surface area contributed by atoms with E-state index in [9.17, 15) is 4.79 Å². The molecule has 0 saturated carbocycles. The summed E-state index contributed by atoms with van der Waals surface area (Å²) in [4.78, 5) is 15.2. The predicted molar refractivity (Wildman–Crippen MR) is 51.9 cm³/mol. The van der Waals surface area contributed by atoms with Crippen LogP contribution in [0.4, 0.5) is 0 Å². The van der Waals surface area contributed by atoms with Crippen molar-refractivity contribution in [1.29, 1.82) is 0 Å². The van der Waals surface area contributed by atoms with Crippen LogP contribution in [0.5, 0.6) is 0 Å². The fraction of sp³-hybridized carbons (Fsp3) is 0.0909. The van der Waals surface area contributed by atoms with Crippen LogP contribution < -0.4 is 0 Å². The summed E-state index contributed by atoms with van der Waals surface area (Å²) >= 11 is 0. The second-order valence-electron chi connectivity index (χ2n) is 2.84. The van der Waals surface area contributed by atoms with Gasteiger partial charge in [-0.3, -0.25) is 0 Å². The fourth-order valence-corrected chi connectivity index (χ4v) is 1.27. The summed E-state index contributed by atoms with van der Waals surface area (Å²) in [6, 6.07) is 8.78. The van der Waals surface area contributed by atoms with Crippen molar-refractivity contribution < 1.29 is 9.53 Å². The van der Waals surface area contributed by atoms with Gasteiger partial charge in [-0.15, -0.1) is 0 Å². The van der Waals surface area contributed by atoms with Gasteiger partial charge in [0.05, 0.1) is 24.4 Å². The molecule has 0 amide bonds. The van der Waals surface area contributed by atoms with Gasteiger partial charge in [-0.05, 0) is 24.3 Å². The number of pyridine rings is 1. The summed E-state index contributed by atoms with van der Waals surface area (Å²) in [6.45, 7) is 0. The van der Waals surface area contributed by atoms with E-state index in [-0.39, 0.29) is 5.97 Å². The van der Waals surface area contributed by atoms with Gasteiger partial charge < -0.3 is 4.74 Å². The number of carbonyl (C=O) groups excluding carboxylic acids is 1. The van der Waals surface area contributed by atoms with Crippen molar-refractivity contribution in [3.8, 4) is 0 Å². The molecule has 0 fully saturated rings. The van der Waals surface area contributed by atoms with Crippen molar-refractivity contribution in [3.05, 3.63) is 42.1 Å². The molecular formula is C11H8NO2. The van der Waals surface area contributed by atoms with Crippen LogP contribution in [-0.2, 0) is 4.74 Å². The Morgan fingerprint density at radius 3 is 3.07 bits per heavy atom. The van der Waals surface area contributed by atoms with Gasteiger partial charge in [0.1, 0.15) is 0 Å². The Bertz CT molecular complexity index is 479. The number of hydrogen-bond acceptors (Lipinski definition) is 3. The van der Waals surface area contributed by atoms with Gasteiger partial charge in [0, 0.05) is 5.39 Å². The summed E-state index contributed by atoms with van der Waals surface area (Å²) in [5.74, 6) is -0.334. The lowest BCUT2D eigenvalue weighted by Gasteiger charge is -2.00. The third kappa shape index (κ3) is 1.44. The van der Waals surface area contributed by atoms with E-state index in [2.05, 4.69) is 15.9 Å². The van der Waals surface area contributed by atoms with Gasteiger partial charge in [-0.1, -0.05) is 6.07 Å². The van der Waals surface area contributed by atoms with Gasteiger partial charge >= 0.3 is 5.97 Å². The highest BCUT2D eigenvalue weighted by Crippen LogP contribution is 2.13. The average Bonchev–Trinajstić information content (AvgIpc) is 2.27. The second-order valence-corrected chi connectivity index (χ2v) is 2.84. The highest BCUT2D eigenvalue weighted by molar-refractivity contribution is 5.94. The Hall–Kier alpha value is -1.90. The first kappa shape index (κ1) is 8.69. The minimum Gasteiger partial charge on any atom is -0.465 e. The van der Waals surface area contributed by atoms with Gasteiger partial charge in [-0.25, -0.2) is 9.78 Å². The normalized spacial score (nSPS) is 10.1. The number of esters is 1. The monoisotopic (exact) mass is 186 g/mol. The molecule has 1 heterocycles. The molecule has 0 bridgehead atoms. The van der Waals surface area contributed by atoms with Gasteiger partial charge in [0.2, 0.25) is 0 Å². The third-order valence-electron chi connectivity index (χ3n) is 1.97. The maximum absolute atomic E-state index is 11.2. The predicted octanol–water partition coefficient (Wildman–Crippen LogP) is 1.82. The molecule has 14 heavy (non-hydrogen) atoms. The number of carbonyl (C=O) groups is 1. The van der Waals surface area contributed by atoms with E-state index in [1.54, 1.807) is 24.3 Å². The number of methoxy groups -OCH3 is 1. The summed E-state index contributed by atoms with van der Waals surface area (Å²) in [7, 11) is 1.36. The first-order valence-electron chi connectivity index (χ1n) is 4.16. The lowest BCUT2D eigenvalue weighted by molar-refractivity contribution is 0.0601. The molecule has 0 aliphatic heterocycles. The van der Waals surface area contributed by atoms with Crippen molar-refractivity contribution in [2.45, 2.75) is 0 Å². The van der Waals surface area contributed by atoms with Crippen molar-refractivity contribution in [3.63, 3.8) is 0 Å². The second kappa shape index (κ2) is 3.46. The van der Waals surface area contributed by atoms with E-state index in [1.165, 1.54) is 7.11 Å². The van der Waals surface area contributed by atoms with E-state index in [4.69, 9.17) is 0 Å². The largest absolute Gasteiger partial charge is 0.465 e. The van der Waals surface area contributed by atoms with Gasteiger partial charge in [0.25, 0.3) is 0 Å². The molecule has 69 valence electrons. The Morgan fingerprint density at radius 2 is 2.29 bits per heavy atom. The van der Waals surface area contributed by atoms with E-state index in [0.29, 0.717) is 5.56 Å². The fourth-order valence-electron chi connectivity index (χ4n) is 1.27. The quantitative estimate of drug-likeness (QED) is 0.638. The SMILES string of the molecule is COC(=O)c1ccc2n[c]ccc2c1. The van der Waals surface area contributed by atoms with Crippen LogP contribution in [-0.4, -0.2) is 18.1 Å². The number of hydrogen-bond donors (Lipinski definition) is 0. The Labute approximate surface area is 81.3 Å².